The monoisotopic (exact) mass is 216 g/mol. The summed E-state index contributed by atoms with van der Waals surface area (Å²) in [7, 11) is 0. The van der Waals surface area contributed by atoms with Crippen LogP contribution in [0.15, 0.2) is 18.3 Å². The third kappa shape index (κ3) is 2.12. The molecule has 1 aromatic heterocycles. The van der Waals surface area contributed by atoms with Crippen LogP contribution in [-0.4, -0.2) is 11.0 Å². The molecule has 2 nitrogen and oxygen atoms in total. The Morgan fingerprint density at radius 2 is 2.06 bits per heavy atom. The molecule has 0 aromatic carbocycles. The van der Waals surface area contributed by atoms with Gasteiger partial charge in [-0.15, -0.1) is 0 Å². The van der Waals surface area contributed by atoms with E-state index in [0.717, 1.165) is 12.0 Å². The van der Waals surface area contributed by atoms with Gasteiger partial charge in [-0.3, -0.25) is 4.98 Å². The van der Waals surface area contributed by atoms with Gasteiger partial charge in [-0.25, -0.2) is 0 Å². The van der Waals surface area contributed by atoms with Crippen LogP contribution in [0.5, 0.6) is 0 Å². The number of hydrogen-bond acceptors (Lipinski definition) is 2. The van der Waals surface area contributed by atoms with Gasteiger partial charge in [0.15, 0.2) is 0 Å². The highest BCUT2D eigenvalue weighted by Gasteiger charge is 2.24. The fraction of sp³-hybridized carbons (Fsp3) is 0.643. The zero-order valence-electron chi connectivity index (χ0n) is 9.95. The molecular formula is C14H20N2. The molecule has 0 spiro atoms. The van der Waals surface area contributed by atoms with Gasteiger partial charge in [-0.2, -0.15) is 0 Å². The minimum Gasteiger partial charge on any atom is -0.306 e. The highest BCUT2D eigenvalue weighted by molar-refractivity contribution is 5.23. The average molecular weight is 216 g/mol. The van der Waals surface area contributed by atoms with Crippen molar-refractivity contribution in [2.75, 3.05) is 0 Å². The Morgan fingerprint density at radius 3 is 2.56 bits per heavy atom. The molecule has 0 radical (unpaired) electrons. The van der Waals surface area contributed by atoms with Gasteiger partial charge in [0.25, 0.3) is 0 Å². The second-order valence-corrected chi connectivity index (χ2v) is 5.31. The number of pyridine rings is 1. The fourth-order valence-electron chi connectivity index (χ4n) is 2.34. The van der Waals surface area contributed by atoms with Crippen molar-refractivity contribution < 1.29 is 0 Å². The lowest BCUT2D eigenvalue weighted by Crippen LogP contribution is -2.37. The summed E-state index contributed by atoms with van der Waals surface area (Å²) in [5.74, 6) is 0.816. The van der Waals surface area contributed by atoms with E-state index in [0.29, 0.717) is 6.04 Å². The van der Waals surface area contributed by atoms with Gasteiger partial charge >= 0.3 is 0 Å². The van der Waals surface area contributed by atoms with Gasteiger partial charge < -0.3 is 5.32 Å². The van der Waals surface area contributed by atoms with Crippen molar-refractivity contribution in [1.29, 1.82) is 0 Å². The molecule has 0 amide bonds. The van der Waals surface area contributed by atoms with Crippen LogP contribution >= 0.6 is 0 Å². The van der Waals surface area contributed by atoms with Crippen LogP contribution < -0.4 is 5.32 Å². The quantitative estimate of drug-likeness (QED) is 0.836. The van der Waals surface area contributed by atoms with Crippen LogP contribution in [0, 0.1) is 0 Å². The number of nitrogens with zero attached hydrogens (tertiary/aromatic N) is 1. The Labute approximate surface area is 97.5 Å². The first kappa shape index (κ1) is 10.3. The van der Waals surface area contributed by atoms with Gasteiger partial charge in [-0.05, 0) is 50.2 Å². The zero-order chi connectivity index (χ0) is 11.0. The molecule has 1 heterocycles. The minimum atomic E-state index is 0.401. The molecule has 3 rings (SSSR count). The van der Waals surface area contributed by atoms with Crippen LogP contribution in [0.3, 0.4) is 0 Å². The lowest BCUT2D eigenvalue weighted by atomic mass is 9.92. The summed E-state index contributed by atoms with van der Waals surface area (Å²) in [6.07, 6.45) is 8.85. The summed E-state index contributed by atoms with van der Waals surface area (Å²) in [5.41, 5.74) is 2.62. The molecule has 86 valence electrons. The molecule has 2 aliphatic rings. The molecule has 2 heteroatoms. The molecule has 1 atom stereocenters. The standard InChI is InChI=1S/C14H20N2/c1-10(16-13-3-2-4-13)14-8-7-12(9-15-14)11-5-6-11/h7-11,13,16H,2-6H2,1H3. The molecule has 1 unspecified atom stereocenters. The Morgan fingerprint density at radius 1 is 1.25 bits per heavy atom. The third-order valence-electron chi connectivity index (χ3n) is 3.89. The van der Waals surface area contributed by atoms with Crippen LogP contribution in [-0.2, 0) is 0 Å². The average Bonchev–Trinajstić information content (AvgIpc) is 3.07. The van der Waals surface area contributed by atoms with E-state index < -0.39 is 0 Å². The summed E-state index contributed by atoms with van der Waals surface area (Å²) in [6, 6.07) is 5.60. The van der Waals surface area contributed by atoms with Crippen molar-refractivity contribution in [3.63, 3.8) is 0 Å². The number of nitrogens with one attached hydrogen (secondary N) is 1. The third-order valence-corrected chi connectivity index (χ3v) is 3.89. The highest BCUT2D eigenvalue weighted by atomic mass is 15.0. The molecular weight excluding hydrogens is 196 g/mol. The molecule has 2 aliphatic carbocycles. The molecule has 0 bridgehead atoms. The minimum absolute atomic E-state index is 0.401. The molecule has 16 heavy (non-hydrogen) atoms. The van der Waals surface area contributed by atoms with E-state index in [2.05, 4.69) is 35.6 Å². The van der Waals surface area contributed by atoms with E-state index in [9.17, 15) is 0 Å². The zero-order valence-corrected chi connectivity index (χ0v) is 9.95. The summed E-state index contributed by atoms with van der Waals surface area (Å²) < 4.78 is 0. The molecule has 2 saturated carbocycles. The molecule has 0 aliphatic heterocycles. The van der Waals surface area contributed by atoms with Gasteiger partial charge in [0.1, 0.15) is 0 Å². The van der Waals surface area contributed by atoms with Gasteiger partial charge in [0.05, 0.1) is 5.69 Å². The van der Waals surface area contributed by atoms with Gasteiger partial charge in [-0.1, -0.05) is 12.5 Å². The summed E-state index contributed by atoms with van der Waals surface area (Å²) >= 11 is 0. The second kappa shape index (κ2) is 4.17. The van der Waals surface area contributed by atoms with Crippen LogP contribution in [0.4, 0.5) is 0 Å². The first-order valence-corrected chi connectivity index (χ1v) is 6.55. The Hall–Kier alpha value is -0.890. The Bertz CT molecular complexity index is 350. The first-order valence-electron chi connectivity index (χ1n) is 6.55. The number of rotatable bonds is 4. The van der Waals surface area contributed by atoms with Crippen LogP contribution in [0.25, 0.3) is 0 Å². The summed E-state index contributed by atoms with van der Waals surface area (Å²) in [5, 5.41) is 3.63. The first-order chi connectivity index (χ1) is 7.83. The summed E-state index contributed by atoms with van der Waals surface area (Å²) in [4.78, 5) is 4.59. The molecule has 0 saturated heterocycles. The van der Waals surface area contributed by atoms with E-state index in [-0.39, 0.29) is 0 Å². The molecule has 1 N–H and O–H groups in total. The molecule has 1 aromatic rings. The predicted octanol–water partition coefficient (Wildman–Crippen LogP) is 3.16. The number of hydrogen-bond donors (Lipinski definition) is 1. The van der Waals surface area contributed by atoms with E-state index in [4.69, 9.17) is 0 Å². The van der Waals surface area contributed by atoms with Crippen molar-refractivity contribution in [3.05, 3.63) is 29.6 Å². The lowest BCUT2D eigenvalue weighted by Gasteiger charge is -2.29. The lowest BCUT2D eigenvalue weighted by molar-refractivity contribution is 0.311. The Kier molecular flexibility index (Phi) is 2.68. The van der Waals surface area contributed by atoms with E-state index in [1.165, 1.54) is 43.4 Å². The van der Waals surface area contributed by atoms with E-state index in [1.54, 1.807) is 0 Å². The maximum absolute atomic E-state index is 4.59. The van der Waals surface area contributed by atoms with E-state index in [1.807, 2.05) is 0 Å². The predicted molar refractivity (Wildman–Crippen MR) is 65.4 cm³/mol. The largest absolute Gasteiger partial charge is 0.306 e. The van der Waals surface area contributed by atoms with Gasteiger partial charge in [0.2, 0.25) is 0 Å². The van der Waals surface area contributed by atoms with Crippen molar-refractivity contribution in [3.8, 4) is 0 Å². The SMILES string of the molecule is CC(NC1CCC1)c1ccc(C2CC2)cn1. The normalized spacial score (nSPS) is 22.8. The van der Waals surface area contributed by atoms with Crippen molar-refractivity contribution in [2.24, 2.45) is 0 Å². The Balaban J connectivity index is 1.63. The maximum Gasteiger partial charge on any atom is 0.0570 e. The van der Waals surface area contributed by atoms with Crippen molar-refractivity contribution in [2.45, 2.75) is 57.0 Å². The van der Waals surface area contributed by atoms with Crippen molar-refractivity contribution in [1.82, 2.24) is 10.3 Å². The summed E-state index contributed by atoms with van der Waals surface area (Å²) in [6.45, 7) is 2.22. The van der Waals surface area contributed by atoms with Gasteiger partial charge in [0, 0.05) is 18.3 Å². The maximum atomic E-state index is 4.59. The highest BCUT2D eigenvalue weighted by Crippen LogP contribution is 2.39. The number of aromatic nitrogens is 1. The van der Waals surface area contributed by atoms with Crippen LogP contribution in [0.1, 0.15) is 62.2 Å². The van der Waals surface area contributed by atoms with E-state index >= 15 is 0 Å². The van der Waals surface area contributed by atoms with Crippen LogP contribution in [0.2, 0.25) is 0 Å². The van der Waals surface area contributed by atoms with Crippen molar-refractivity contribution >= 4 is 0 Å². The smallest absolute Gasteiger partial charge is 0.0570 e. The second-order valence-electron chi connectivity index (χ2n) is 5.31. The molecule has 2 fully saturated rings. The topological polar surface area (TPSA) is 24.9 Å². The fourth-order valence-corrected chi connectivity index (χ4v) is 2.34.